The van der Waals surface area contributed by atoms with Crippen LogP contribution in [0.25, 0.3) is 0 Å². The molecule has 0 fully saturated rings. The van der Waals surface area contributed by atoms with Crippen LogP contribution in [0.4, 0.5) is 0 Å². The van der Waals surface area contributed by atoms with Gasteiger partial charge in [0.25, 0.3) is 5.56 Å². The SMILES string of the molecule is CC(C)(C)c1ccc(C(=N)N)c(=O)[nH]1.Cl. The fraction of sp³-hybridized carbons (Fsp3) is 0.400. The minimum absolute atomic E-state index is 0. The predicted molar refractivity (Wildman–Crippen MR) is 64.0 cm³/mol. The predicted octanol–water partition coefficient (Wildman–Crippen LogP) is 1.38. The molecule has 1 heterocycles. The number of nitrogens with one attached hydrogen (secondary N) is 2. The zero-order valence-corrected chi connectivity index (χ0v) is 9.87. The van der Waals surface area contributed by atoms with Gasteiger partial charge in [0, 0.05) is 11.1 Å². The molecule has 0 amide bonds. The fourth-order valence-electron chi connectivity index (χ4n) is 1.12. The highest BCUT2D eigenvalue weighted by molar-refractivity contribution is 5.94. The third-order valence-corrected chi connectivity index (χ3v) is 2.01. The number of H-pyrrole nitrogens is 1. The summed E-state index contributed by atoms with van der Waals surface area (Å²) in [7, 11) is 0. The second-order valence-corrected chi connectivity index (χ2v) is 4.28. The number of aromatic amines is 1. The Bertz CT molecular complexity index is 417. The summed E-state index contributed by atoms with van der Waals surface area (Å²) < 4.78 is 0. The van der Waals surface area contributed by atoms with E-state index in [0.29, 0.717) is 0 Å². The molecule has 0 saturated carbocycles. The summed E-state index contributed by atoms with van der Waals surface area (Å²) in [6.07, 6.45) is 0. The van der Waals surface area contributed by atoms with E-state index in [4.69, 9.17) is 11.1 Å². The zero-order chi connectivity index (χ0) is 10.9. The number of amidine groups is 1. The molecule has 0 unspecified atom stereocenters. The molecule has 0 atom stereocenters. The second-order valence-electron chi connectivity index (χ2n) is 4.28. The quantitative estimate of drug-likeness (QED) is 0.502. The first-order chi connectivity index (χ1) is 6.32. The molecule has 0 aliphatic rings. The zero-order valence-electron chi connectivity index (χ0n) is 9.05. The number of rotatable bonds is 1. The van der Waals surface area contributed by atoms with Gasteiger partial charge < -0.3 is 10.7 Å². The van der Waals surface area contributed by atoms with Gasteiger partial charge in [0.2, 0.25) is 0 Å². The molecule has 1 aromatic rings. The van der Waals surface area contributed by atoms with Crippen molar-refractivity contribution in [2.45, 2.75) is 26.2 Å². The van der Waals surface area contributed by atoms with Crippen LogP contribution in [0.2, 0.25) is 0 Å². The first kappa shape index (κ1) is 13.7. The Hall–Kier alpha value is -1.29. The first-order valence-electron chi connectivity index (χ1n) is 4.40. The number of nitrogens with two attached hydrogens (primary N) is 1. The van der Waals surface area contributed by atoms with Crippen molar-refractivity contribution in [1.82, 2.24) is 4.98 Å². The maximum absolute atomic E-state index is 11.5. The van der Waals surface area contributed by atoms with Crippen molar-refractivity contribution in [2.75, 3.05) is 0 Å². The van der Waals surface area contributed by atoms with Crippen LogP contribution in [0.15, 0.2) is 16.9 Å². The van der Waals surface area contributed by atoms with E-state index in [1.54, 1.807) is 12.1 Å². The monoisotopic (exact) mass is 229 g/mol. The summed E-state index contributed by atoms with van der Waals surface area (Å²) in [5, 5.41) is 7.16. The highest BCUT2D eigenvalue weighted by atomic mass is 35.5. The lowest BCUT2D eigenvalue weighted by atomic mass is 9.91. The van der Waals surface area contributed by atoms with Crippen LogP contribution < -0.4 is 11.3 Å². The van der Waals surface area contributed by atoms with Gasteiger partial charge in [-0.2, -0.15) is 0 Å². The number of hydrogen-bond acceptors (Lipinski definition) is 2. The number of halogens is 1. The summed E-state index contributed by atoms with van der Waals surface area (Å²) in [6.45, 7) is 6.02. The summed E-state index contributed by atoms with van der Waals surface area (Å²) in [5.74, 6) is -0.202. The van der Waals surface area contributed by atoms with E-state index in [9.17, 15) is 4.79 Å². The van der Waals surface area contributed by atoms with Crippen molar-refractivity contribution in [3.8, 4) is 0 Å². The van der Waals surface area contributed by atoms with Gasteiger partial charge in [-0.05, 0) is 12.1 Å². The van der Waals surface area contributed by atoms with Gasteiger partial charge in [0.15, 0.2) is 0 Å². The Morgan fingerprint density at radius 3 is 2.27 bits per heavy atom. The number of nitrogen functional groups attached to an aromatic ring is 1. The topological polar surface area (TPSA) is 82.7 Å². The molecular weight excluding hydrogens is 214 g/mol. The van der Waals surface area contributed by atoms with Crippen LogP contribution >= 0.6 is 12.4 Å². The van der Waals surface area contributed by atoms with Crippen LogP contribution in [-0.4, -0.2) is 10.8 Å². The van der Waals surface area contributed by atoms with E-state index in [0.717, 1.165) is 5.69 Å². The molecule has 0 aliphatic carbocycles. The van der Waals surface area contributed by atoms with E-state index in [1.807, 2.05) is 20.8 Å². The molecular formula is C10H16ClN3O. The minimum atomic E-state index is -0.301. The molecule has 0 aromatic carbocycles. The van der Waals surface area contributed by atoms with Crippen molar-refractivity contribution in [3.05, 3.63) is 33.7 Å². The van der Waals surface area contributed by atoms with E-state index in [-0.39, 0.29) is 34.8 Å². The Kier molecular flexibility index (Phi) is 4.10. The standard InChI is InChI=1S/C10H15N3O.ClH/c1-10(2,3)7-5-4-6(8(11)12)9(14)13-7;/h4-5H,1-3H3,(H3,11,12)(H,13,14);1H. The van der Waals surface area contributed by atoms with Gasteiger partial charge in [-0.25, -0.2) is 0 Å². The number of pyridine rings is 1. The first-order valence-corrected chi connectivity index (χ1v) is 4.40. The lowest BCUT2D eigenvalue weighted by Gasteiger charge is -2.18. The van der Waals surface area contributed by atoms with Crippen LogP contribution in [-0.2, 0) is 5.41 Å². The van der Waals surface area contributed by atoms with Gasteiger partial charge >= 0.3 is 0 Å². The van der Waals surface area contributed by atoms with Crippen LogP contribution in [0.5, 0.6) is 0 Å². The van der Waals surface area contributed by atoms with Crippen LogP contribution in [0.1, 0.15) is 32.0 Å². The minimum Gasteiger partial charge on any atom is -0.384 e. The summed E-state index contributed by atoms with van der Waals surface area (Å²) in [6, 6.07) is 3.37. The van der Waals surface area contributed by atoms with Crippen molar-refractivity contribution < 1.29 is 0 Å². The highest BCUT2D eigenvalue weighted by Crippen LogP contribution is 2.18. The maximum atomic E-state index is 11.5. The molecule has 0 aliphatic heterocycles. The third-order valence-electron chi connectivity index (χ3n) is 2.01. The van der Waals surface area contributed by atoms with Crippen molar-refractivity contribution in [3.63, 3.8) is 0 Å². The average molecular weight is 230 g/mol. The normalized spacial score (nSPS) is 10.6. The Morgan fingerprint density at radius 1 is 1.40 bits per heavy atom. The molecule has 5 heteroatoms. The molecule has 4 nitrogen and oxygen atoms in total. The van der Waals surface area contributed by atoms with E-state index >= 15 is 0 Å². The summed E-state index contributed by atoms with van der Waals surface area (Å²) in [5.41, 5.74) is 5.89. The largest absolute Gasteiger partial charge is 0.384 e. The maximum Gasteiger partial charge on any atom is 0.259 e. The van der Waals surface area contributed by atoms with Crippen LogP contribution in [0, 0.1) is 5.41 Å². The van der Waals surface area contributed by atoms with Crippen LogP contribution in [0.3, 0.4) is 0 Å². The lowest BCUT2D eigenvalue weighted by Crippen LogP contribution is -2.26. The van der Waals surface area contributed by atoms with Gasteiger partial charge in [-0.3, -0.25) is 10.2 Å². The van der Waals surface area contributed by atoms with Gasteiger partial charge in [-0.1, -0.05) is 20.8 Å². The van der Waals surface area contributed by atoms with E-state index in [2.05, 4.69) is 4.98 Å². The average Bonchev–Trinajstić information content (AvgIpc) is 2.01. The molecule has 84 valence electrons. The van der Waals surface area contributed by atoms with Crippen molar-refractivity contribution in [2.24, 2.45) is 5.73 Å². The fourth-order valence-corrected chi connectivity index (χ4v) is 1.12. The Balaban J connectivity index is 0.00000196. The van der Waals surface area contributed by atoms with Gasteiger partial charge in [0.05, 0.1) is 5.56 Å². The van der Waals surface area contributed by atoms with E-state index in [1.165, 1.54) is 0 Å². The molecule has 4 N–H and O–H groups in total. The molecule has 15 heavy (non-hydrogen) atoms. The van der Waals surface area contributed by atoms with Crippen molar-refractivity contribution >= 4 is 18.2 Å². The smallest absolute Gasteiger partial charge is 0.259 e. The molecule has 0 radical (unpaired) electrons. The Labute approximate surface area is 94.8 Å². The van der Waals surface area contributed by atoms with Gasteiger partial charge in [-0.15, -0.1) is 12.4 Å². The third kappa shape index (κ3) is 3.09. The molecule has 1 rings (SSSR count). The summed E-state index contributed by atoms with van der Waals surface area (Å²) in [4.78, 5) is 14.2. The summed E-state index contributed by atoms with van der Waals surface area (Å²) >= 11 is 0. The van der Waals surface area contributed by atoms with E-state index < -0.39 is 0 Å². The second kappa shape index (κ2) is 4.49. The molecule has 1 aromatic heterocycles. The molecule has 0 spiro atoms. The number of aromatic nitrogens is 1. The number of hydrogen-bond donors (Lipinski definition) is 3. The molecule has 0 saturated heterocycles. The highest BCUT2D eigenvalue weighted by Gasteiger charge is 2.15. The molecule has 0 bridgehead atoms. The lowest BCUT2D eigenvalue weighted by molar-refractivity contribution is 0.566. The Morgan fingerprint density at radius 2 is 1.93 bits per heavy atom. The van der Waals surface area contributed by atoms with Crippen molar-refractivity contribution in [1.29, 1.82) is 5.41 Å². The van der Waals surface area contributed by atoms with Gasteiger partial charge in [0.1, 0.15) is 5.84 Å².